The molecule has 0 unspecified atom stereocenters. The molecule has 2 rings (SSSR count). The fraction of sp³-hybridized carbons (Fsp3) is 0.529. The minimum atomic E-state index is -0.853. The van der Waals surface area contributed by atoms with Gasteiger partial charge in [0.1, 0.15) is 0 Å². The number of hydrogen-bond acceptors (Lipinski definition) is 2. The first-order valence-corrected chi connectivity index (χ1v) is 7.24. The van der Waals surface area contributed by atoms with Crippen molar-refractivity contribution in [2.45, 2.75) is 52.4 Å². The lowest BCUT2D eigenvalue weighted by Gasteiger charge is -2.22. The van der Waals surface area contributed by atoms with Crippen LogP contribution in [-0.2, 0) is 17.6 Å². The van der Waals surface area contributed by atoms with Crippen molar-refractivity contribution < 1.29 is 14.7 Å². The molecule has 20 heavy (non-hydrogen) atoms. The first-order valence-electron chi connectivity index (χ1n) is 7.24. The minimum absolute atomic E-state index is 0.0175. The van der Waals surface area contributed by atoms with E-state index in [1.807, 2.05) is 26.0 Å². The van der Waals surface area contributed by atoms with E-state index in [9.17, 15) is 9.59 Å². The van der Waals surface area contributed by atoms with Crippen molar-refractivity contribution in [3.8, 4) is 0 Å². The summed E-state index contributed by atoms with van der Waals surface area (Å²) in [5, 5.41) is 8.88. The van der Waals surface area contributed by atoms with Crippen molar-refractivity contribution in [1.82, 2.24) is 0 Å². The van der Waals surface area contributed by atoms with Gasteiger partial charge >= 0.3 is 5.97 Å². The van der Waals surface area contributed by atoms with Crippen LogP contribution in [0.2, 0.25) is 0 Å². The first kappa shape index (κ1) is 14.8. The highest BCUT2D eigenvalue weighted by molar-refractivity contribution is 5.97. The fourth-order valence-electron chi connectivity index (χ4n) is 2.92. The van der Waals surface area contributed by atoms with E-state index in [4.69, 9.17) is 5.11 Å². The maximum absolute atomic E-state index is 12.3. The highest BCUT2D eigenvalue weighted by Crippen LogP contribution is 2.28. The summed E-state index contributed by atoms with van der Waals surface area (Å²) in [7, 11) is 0. The lowest BCUT2D eigenvalue weighted by atomic mass is 9.81. The number of hydrogen-bond donors (Lipinski definition) is 1. The van der Waals surface area contributed by atoms with E-state index in [0.717, 1.165) is 18.4 Å². The summed E-state index contributed by atoms with van der Waals surface area (Å²) in [5.41, 5.74) is 2.87. The standard InChI is InChI=1S/C17H22O3/c1-17(2,11-16(19)20)10-15(18)14-8-7-12-5-3-4-6-13(12)9-14/h7-9H,3-6,10-11H2,1-2H3,(H,19,20). The van der Waals surface area contributed by atoms with Gasteiger partial charge in [0.05, 0.1) is 6.42 Å². The molecule has 3 nitrogen and oxygen atoms in total. The quantitative estimate of drug-likeness (QED) is 0.834. The van der Waals surface area contributed by atoms with Gasteiger partial charge < -0.3 is 5.11 Å². The zero-order valence-corrected chi connectivity index (χ0v) is 12.2. The van der Waals surface area contributed by atoms with Crippen LogP contribution in [0, 0.1) is 5.41 Å². The monoisotopic (exact) mass is 274 g/mol. The zero-order valence-electron chi connectivity index (χ0n) is 12.2. The van der Waals surface area contributed by atoms with Gasteiger partial charge in [-0.15, -0.1) is 0 Å². The number of carboxylic acids is 1. The molecule has 0 spiro atoms. The molecule has 1 aliphatic rings. The Balaban J connectivity index is 2.11. The molecule has 1 N–H and O–H groups in total. The number of carbonyl (C=O) groups excluding carboxylic acids is 1. The summed E-state index contributed by atoms with van der Waals surface area (Å²) in [5.74, 6) is -0.808. The Morgan fingerprint density at radius 2 is 1.75 bits per heavy atom. The van der Waals surface area contributed by atoms with Crippen molar-refractivity contribution in [2.24, 2.45) is 5.41 Å². The predicted molar refractivity (Wildman–Crippen MR) is 78.1 cm³/mol. The molecule has 0 saturated heterocycles. The van der Waals surface area contributed by atoms with Gasteiger partial charge in [-0.2, -0.15) is 0 Å². The molecule has 0 saturated carbocycles. The van der Waals surface area contributed by atoms with Crippen molar-refractivity contribution in [3.05, 3.63) is 34.9 Å². The Kier molecular flexibility index (Phi) is 4.26. The maximum atomic E-state index is 12.3. The molecule has 0 aromatic heterocycles. The second-order valence-electron chi connectivity index (χ2n) is 6.53. The van der Waals surface area contributed by atoms with E-state index in [0.29, 0.717) is 0 Å². The average Bonchev–Trinajstić information content (AvgIpc) is 2.36. The number of benzene rings is 1. The maximum Gasteiger partial charge on any atom is 0.303 e. The molecule has 3 heteroatoms. The van der Waals surface area contributed by atoms with Crippen LogP contribution in [0.25, 0.3) is 0 Å². The van der Waals surface area contributed by atoms with Crippen LogP contribution in [0.15, 0.2) is 18.2 Å². The van der Waals surface area contributed by atoms with Gasteiger partial charge in [-0.05, 0) is 48.3 Å². The second kappa shape index (κ2) is 5.78. The third-order valence-corrected chi connectivity index (χ3v) is 3.94. The molecular formula is C17H22O3. The smallest absolute Gasteiger partial charge is 0.303 e. The Labute approximate surface area is 120 Å². The topological polar surface area (TPSA) is 54.4 Å². The molecule has 1 aliphatic carbocycles. The number of aryl methyl sites for hydroxylation is 2. The summed E-state index contributed by atoms with van der Waals surface area (Å²) in [6.45, 7) is 3.66. The summed E-state index contributed by atoms with van der Waals surface area (Å²) < 4.78 is 0. The molecule has 0 radical (unpaired) electrons. The van der Waals surface area contributed by atoms with Crippen molar-refractivity contribution in [2.75, 3.05) is 0 Å². The predicted octanol–water partition coefficient (Wildman–Crippen LogP) is 3.64. The number of aliphatic carboxylic acids is 1. The number of carboxylic acid groups (broad SMARTS) is 1. The highest BCUT2D eigenvalue weighted by Gasteiger charge is 2.26. The largest absolute Gasteiger partial charge is 0.481 e. The lowest BCUT2D eigenvalue weighted by molar-refractivity contribution is -0.139. The Morgan fingerprint density at radius 1 is 1.10 bits per heavy atom. The highest BCUT2D eigenvalue weighted by atomic mass is 16.4. The second-order valence-corrected chi connectivity index (χ2v) is 6.53. The molecule has 0 fully saturated rings. The molecule has 0 atom stereocenters. The van der Waals surface area contributed by atoms with Crippen molar-refractivity contribution in [1.29, 1.82) is 0 Å². The van der Waals surface area contributed by atoms with E-state index < -0.39 is 11.4 Å². The molecule has 0 bridgehead atoms. The number of Topliss-reactive ketones (excluding diaryl/α,β-unsaturated/α-hetero) is 1. The fourth-order valence-corrected chi connectivity index (χ4v) is 2.92. The summed E-state index contributed by atoms with van der Waals surface area (Å²) in [6, 6.07) is 5.96. The van der Waals surface area contributed by atoms with Crippen molar-refractivity contribution in [3.63, 3.8) is 0 Å². The van der Waals surface area contributed by atoms with Crippen LogP contribution in [0.1, 0.15) is 61.0 Å². The van der Waals surface area contributed by atoms with E-state index in [2.05, 4.69) is 6.07 Å². The Morgan fingerprint density at radius 3 is 2.40 bits per heavy atom. The van der Waals surface area contributed by atoms with E-state index in [1.165, 1.54) is 24.0 Å². The molecule has 0 heterocycles. The van der Waals surface area contributed by atoms with Gasteiger partial charge in [-0.25, -0.2) is 0 Å². The van der Waals surface area contributed by atoms with Crippen LogP contribution in [-0.4, -0.2) is 16.9 Å². The molecular weight excluding hydrogens is 252 g/mol. The molecule has 1 aromatic rings. The Bertz CT molecular complexity index is 529. The Hall–Kier alpha value is -1.64. The van der Waals surface area contributed by atoms with E-state index >= 15 is 0 Å². The lowest BCUT2D eigenvalue weighted by Crippen LogP contribution is -2.21. The third kappa shape index (κ3) is 3.69. The molecule has 108 valence electrons. The van der Waals surface area contributed by atoms with Crippen LogP contribution in [0.4, 0.5) is 0 Å². The number of ketones is 1. The molecule has 0 aliphatic heterocycles. The summed E-state index contributed by atoms with van der Waals surface area (Å²) in [6.07, 6.45) is 4.87. The minimum Gasteiger partial charge on any atom is -0.481 e. The van der Waals surface area contributed by atoms with Gasteiger partial charge in [-0.1, -0.05) is 26.0 Å². The van der Waals surface area contributed by atoms with Gasteiger partial charge in [0.2, 0.25) is 0 Å². The SMILES string of the molecule is CC(C)(CC(=O)O)CC(=O)c1ccc2c(c1)CCCC2. The summed E-state index contributed by atoms with van der Waals surface area (Å²) >= 11 is 0. The number of carbonyl (C=O) groups is 2. The van der Waals surface area contributed by atoms with Crippen LogP contribution in [0.5, 0.6) is 0 Å². The van der Waals surface area contributed by atoms with Crippen LogP contribution < -0.4 is 0 Å². The van der Waals surface area contributed by atoms with Gasteiger partial charge in [-0.3, -0.25) is 9.59 Å². The average molecular weight is 274 g/mol. The van der Waals surface area contributed by atoms with Crippen molar-refractivity contribution >= 4 is 11.8 Å². The number of fused-ring (bicyclic) bond motifs is 1. The normalized spacial score (nSPS) is 14.7. The first-order chi connectivity index (χ1) is 9.37. The third-order valence-electron chi connectivity index (χ3n) is 3.94. The molecule has 0 amide bonds. The van der Waals surface area contributed by atoms with E-state index in [-0.39, 0.29) is 18.6 Å². The number of rotatable bonds is 5. The van der Waals surface area contributed by atoms with Gasteiger partial charge in [0.15, 0.2) is 5.78 Å². The van der Waals surface area contributed by atoms with Gasteiger partial charge in [0, 0.05) is 12.0 Å². The van der Waals surface area contributed by atoms with Gasteiger partial charge in [0.25, 0.3) is 0 Å². The zero-order chi connectivity index (χ0) is 14.8. The van der Waals surface area contributed by atoms with Crippen LogP contribution in [0.3, 0.4) is 0 Å². The molecule has 1 aromatic carbocycles. The van der Waals surface area contributed by atoms with E-state index in [1.54, 1.807) is 0 Å². The van der Waals surface area contributed by atoms with Crippen LogP contribution >= 0.6 is 0 Å². The summed E-state index contributed by atoms with van der Waals surface area (Å²) in [4.78, 5) is 23.1.